The summed E-state index contributed by atoms with van der Waals surface area (Å²) in [6, 6.07) is 0. The van der Waals surface area contributed by atoms with Crippen molar-refractivity contribution >= 4 is 11.8 Å². The first-order chi connectivity index (χ1) is 6.31. The summed E-state index contributed by atoms with van der Waals surface area (Å²) in [5.41, 5.74) is 0. The molecular formula is C12H24S. The van der Waals surface area contributed by atoms with Crippen LogP contribution in [0.4, 0.5) is 0 Å². The molecule has 0 N–H and O–H groups in total. The summed E-state index contributed by atoms with van der Waals surface area (Å²) >= 11 is 2.09. The normalized spacial score (nSPS) is 13.8. The summed E-state index contributed by atoms with van der Waals surface area (Å²) in [6.45, 7) is 6.69. The van der Waals surface area contributed by atoms with Gasteiger partial charge in [-0.2, -0.15) is 11.8 Å². The highest BCUT2D eigenvalue weighted by atomic mass is 32.2. The molecule has 0 fully saturated rings. The largest absolute Gasteiger partial charge is 0.159 e. The number of unbranched alkanes of at least 4 members (excludes halogenated alkanes) is 3. The van der Waals surface area contributed by atoms with Crippen LogP contribution in [0, 0.1) is 0 Å². The Morgan fingerprint density at radius 2 is 2.00 bits per heavy atom. The SMILES string of the molecule is C/C=C/CCCCCC(C)SCC. The first-order valence-corrected chi connectivity index (χ1v) is 6.58. The molecule has 0 amide bonds. The first-order valence-electron chi connectivity index (χ1n) is 5.54. The molecular weight excluding hydrogens is 176 g/mol. The summed E-state index contributed by atoms with van der Waals surface area (Å²) in [5, 5.41) is 0.867. The second-order valence-electron chi connectivity index (χ2n) is 3.47. The third-order valence-corrected chi connectivity index (χ3v) is 3.31. The second-order valence-corrected chi connectivity index (χ2v) is 5.19. The molecule has 1 atom stereocenters. The standard InChI is InChI=1S/C12H24S/c1-4-6-7-8-9-10-11-12(3)13-5-2/h4,6,12H,5,7-11H2,1-3H3/b6-4+. The van der Waals surface area contributed by atoms with E-state index in [4.69, 9.17) is 0 Å². The molecule has 13 heavy (non-hydrogen) atoms. The summed E-state index contributed by atoms with van der Waals surface area (Å²) in [4.78, 5) is 0. The topological polar surface area (TPSA) is 0 Å². The van der Waals surface area contributed by atoms with Crippen LogP contribution in [-0.4, -0.2) is 11.0 Å². The first kappa shape index (κ1) is 13.1. The highest BCUT2D eigenvalue weighted by Gasteiger charge is 1.99. The van der Waals surface area contributed by atoms with E-state index in [1.165, 1.54) is 37.9 Å². The maximum Gasteiger partial charge on any atom is 0.00186 e. The zero-order chi connectivity index (χ0) is 9.94. The van der Waals surface area contributed by atoms with Gasteiger partial charge in [-0.3, -0.25) is 0 Å². The lowest BCUT2D eigenvalue weighted by Gasteiger charge is -2.08. The smallest absolute Gasteiger partial charge is 0.00186 e. The van der Waals surface area contributed by atoms with Gasteiger partial charge in [0.25, 0.3) is 0 Å². The maximum absolute atomic E-state index is 2.35. The fourth-order valence-electron chi connectivity index (χ4n) is 1.41. The van der Waals surface area contributed by atoms with Gasteiger partial charge in [0, 0.05) is 5.25 Å². The zero-order valence-electron chi connectivity index (χ0n) is 9.38. The molecule has 0 aliphatic carbocycles. The predicted molar refractivity (Wildman–Crippen MR) is 65.5 cm³/mol. The van der Waals surface area contributed by atoms with Crippen LogP contribution < -0.4 is 0 Å². The van der Waals surface area contributed by atoms with E-state index in [1.807, 2.05) is 0 Å². The minimum absolute atomic E-state index is 0.867. The minimum atomic E-state index is 0.867. The predicted octanol–water partition coefficient (Wildman–Crippen LogP) is 4.65. The van der Waals surface area contributed by atoms with Gasteiger partial charge in [0.1, 0.15) is 0 Å². The van der Waals surface area contributed by atoms with Crippen LogP contribution in [0.5, 0.6) is 0 Å². The summed E-state index contributed by atoms with van der Waals surface area (Å²) in [7, 11) is 0. The van der Waals surface area contributed by atoms with Crippen LogP contribution in [0.2, 0.25) is 0 Å². The van der Waals surface area contributed by atoms with Crippen LogP contribution in [0.15, 0.2) is 12.2 Å². The van der Waals surface area contributed by atoms with Crippen molar-refractivity contribution in [2.75, 3.05) is 5.75 Å². The van der Waals surface area contributed by atoms with Gasteiger partial charge < -0.3 is 0 Å². The van der Waals surface area contributed by atoms with E-state index >= 15 is 0 Å². The Kier molecular flexibility index (Phi) is 10.2. The lowest BCUT2D eigenvalue weighted by atomic mass is 10.1. The monoisotopic (exact) mass is 200 g/mol. The van der Waals surface area contributed by atoms with Crippen LogP contribution in [0.1, 0.15) is 52.9 Å². The van der Waals surface area contributed by atoms with E-state index in [1.54, 1.807) is 0 Å². The van der Waals surface area contributed by atoms with Crippen molar-refractivity contribution in [1.29, 1.82) is 0 Å². The van der Waals surface area contributed by atoms with E-state index in [-0.39, 0.29) is 0 Å². The van der Waals surface area contributed by atoms with E-state index in [0.29, 0.717) is 0 Å². The Balaban J connectivity index is 3.06. The highest BCUT2D eigenvalue weighted by Crippen LogP contribution is 2.16. The average molecular weight is 200 g/mol. The van der Waals surface area contributed by atoms with E-state index in [2.05, 4.69) is 44.7 Å². The third kappa shape index (κ3) is 10.0. The molecule has 78 valence electrons. The van der Waals surface area contributed by atoms with Gasteiger partial charge >= 0.3 is 0 Å². The van der Waals surface area contributed by atoms with E-state index < -0.39 is 0 Å². The van der Waals surface area contributed by atoms with Crippen molar-refractivity contribution in [3.63, 3.8) is 0 Å². The van der Waals surface area contributed by atoms with Crippen LogP contribution in [-0.2, 0) is 0 Å². The zero-order valence-corrected chi connectivity index (χ0v) is 10.2. The van der Waals surface area contributed by atoms with Crippen LogP contribution in [0.3, 0.4) is 0 Å². The van der Waals surface area contributed by atoms with Crippen molar-refractivity contribution in [3.05, 3.63) is 12.2 Å². The molecule has 1 heteroatoms. The Hall–Kier alpha value is 0.0900. The Morgan fingerprint density at radius 1 is 1.23 bits per heavy atom. The molecule has 0 aliphatic heterocycles. The minimum Gasteiger partial charge on any atom is -0.159 e. The second kappa shape index (κ2) is 10.2. The number of hydrogen-bond donors (Lipinski definition) is 0. The number of allylic oxidation sites excluding steroid dienone is 2. The van der Waals surface area contributed by atoms with Gasteiger partial charge in [0.05, 0.1) is 0 Å². The van der Waals surface area contributed by atoms with Gasteiger partial charge in [-0.15, -0.1) is 0 Å². The van der Waals surface area contributed by atoms with Crippen LogP contribution >= 0.6 is 11.8 Å². The molecule has 1 unspecified atom stereocenters. The van der Waals surface area contributed by atoms with E-state index in [0.717, 1.165) is 5.25 Å². The van der Waals surface area contributed by atoms with Gasteiger partial charge in [-0.25, -0.2) is 0 Å². The fraction of sp³-hybridized carbons (Fsp3) is 0.833. The Labute approximate surface area is 88.2 Å². The summed E-state index contributed by atoms with van der Waals surface area (Å²) < 4.78 is 0. The molecule has 0 saturated heterocycles. The van der Waals surface area contributed by atoms with E-state index in [9.17, 15) is 0 Å². The molecule has 0 heterocycles. The Morgan fingerprint density at radius 3 is 2.62 bits per heavy atom. The molecule has 0 spiro atoms. The number of thioether (sulfide) groups is 1. The molecule has 0 aromatic carbocycles. The molecule has 0 saturated carbocycles. The van der Waals surface area contributed by atoms with Crippen molar-refractivity contribution in [2.24, 2.45) is 0 Å². The molecule has 0 rings (SSSR count). The molecule has 0 radical (unpaired) electrons. The summed E-state index contributed by atoms with van der Waals surface area (Å²) in [6.07, 6.45) is 11.3. The van der Waals surface area contributed by atoms with Crippen molar-refractivity contribution in [2.45, 2.75) is 58.1 Å². The molecule has 0 aromatic rings. The lowest BCUT2D eigenvalue weighted by Crippen LogP contribution is -1.95. The molecule has 0 nitrogen and oxygen atoms in total. The third-order valence-electron chi connectivity index (χ3n) is 2.17. The average Bonchev–Trinajstić information content (AvgIpc) is 2.11. The van der Waals surface area contributed by atoms with Crippen molar-refractivity contribution in [3.8, 4) is 0 Å². The quantitative estimate of drug-likeness (QED) is 0.406. The highest BCUT2D eigenvalue weighted by molar-refractivity contribution is 7.99. The van der Waals surface area contributed by atoms with Gasteiger partial charge in [0.15, 0.2) is 0 Å². The Bertz CT molecular complexity index is 118. The number of rotatable bonds is 8. The van der Waals surface area contributed by atoms with Crippen molar-refractivity contribution in [1.82, 2.24) is 0 Å². The molecule has 0 bridgehead atoms. The maximum atomic E-state index is 2.35. The molecule has 0 aliphatic rings. The lowest BCUT2D eigenvalue weighted by molar-refractivity contribution is 0.644. The van der Waals surface area contributed by atoms with Gasteiger partial charge in [-0.05, 0) is 31.9 Å². The fourth-order valence-corrected chi connectivity index (χ4v) is 2.31. The van der Waals surface area contributed by atoms with Gasteiger partial charge in [-0.1, -0.05) is 38.8 Å². The van der Waals surface area contributed by atoms with Crippen molar-refractivity contribution < 1.29 is 0 Å². The van der Waals surface area contributed by atoms with Crippen LogP contribution in [0.25, 0.3) is 0 Å². The molecule has 0 aromatic heterocycles. The van der Waals surface area contributed by atoms with Gasteiger partial charge in [0.2, 0.25) is 0 Å². The number of hydrogen-bond acceptors (Lipinski definition) is 1. The summed E-state index contributed by atoms with van der Waals surface area (Å²) in [5.74, 6) is 1.26.